The summed E-state index contributed by atoms with van der Waals surface area (Å²) in [6.07, 6.45) is 3.88. The number of nitrogens with one attached hydrogen (secondary N) is 1. The van der Waals surface area contributed by atoms with E-state index in [2.05, 4.69) is 10.3 Å². The van der Waals surface area contributed by atoms with Crippen LogP contribution < -0.4 is 5.32 Å². The van der Waals surface area contributed by atoms with Crippen molar-refractivity contribution in [2.45, 2.75) is 25.3 Å². The predicted molar refractivity (Wildman–Crippen MR) is 50.4 cm³/mol. The molecule has 11 heavy (non-hydrogen) atoms. The molecule has 1 atom stereocenters. The van der Waals surface area contributed by atoms with Crippen LogP contribution in [0.4, 0.5) is 0 Å². The summed E-state index contributed by atoms with van der Waals surface area (Å²) in [6.45, 7) is 2.26. The zero-order chi connectivity index (χ0) is 7.52. The van der Waals surface area contributed by atoms with Gasteiger partial charge in [-0.15, -0.1) is 11.8 Å². The van der Waals surface area contributed by atoms with Gasteiger partial charge in [-0.3, -0.25) is 4.99 Å². The van der Waals surface area contributed by atoms with Crippen molar-refractivity contribution in [1.29, 1.82) is 0 Å². The van der Waals surface area contributed by atoms with Crippen molar-refractivity contribution in [3.63, 3.8) is 0 Å². The number of hydrogen-bond acceptors (Lipinski definition) is 3. The Balaban J connectivity index is 1.79. The molecule has 2 aliphatic heterocycles. The third kappa shape index (κ3) is 1.97. The second kappa shape index (κ2) is 3.59. The van der Waals surface area contributed by atoms with Crippen molar-refractivity contribution in [3.05, 3.63) is 0 Å². The molecule has 1 unspecified atom stereocenters. The molecule has 0 aromatic carbocycles. The molecule has 2 aliphatic rings. The second-order valence-corrected chi connectivity index (χ2v) is 4.29. The van der Waals surface area contributed by atoms with Gasteiger partial charge in [0, 0.05) is 24.8 Å². The first kappa shape index (κ1) is 7.62. The predicted octanol–water partition coefficient (Wildman–Crippen LogP) is 1.27. The van der Waals surface area contributed by atoms with Gasteiger partial charge in [0.1, 0.15) is 0 Å². The third-order valence-corrected chi connectivity index (χ3v) is 3.25. The highest BCUT2D eigenvalue weighted by Crippen LogP contribution is 2.19. The van der Waals surface area contributed by atoms with E-state index in [0.29, 0.717) is 0 Å². The summed E-state index contributed by atoms with van der Waals surface area (Å²) < 4.78 is 0. The lowest BCUT2D eigenvalue weighted by Crippen LogP contribution is -2.23. The maximum Gasteiger partial charge on any atom is 0.0692 e. The molecule has 0 saturated carbocycles. The van der Waals surface area contributed by atoms with Crippen LogP contribution in [0, 0.1) is 0 Å². The van der Waals surface area contributed by atoms with Crippen LogP contribution in [0.5, 0.6) is 0 Å². The fourth-order valence-electron chi connectivity index (χ4n) is 1.64. The lowest BCUT2D eigenvalue weighted by atomic mass is 10.2. The fraction of sp³-hybridized carbons (Fsp3) is 0.875. The first-order chi connectivity index (χ1) is 5.45. The van der Waals surface area contributed by atoms with Crippen molar-refractivity contribution in [1.82, 2.24) is 5.32 Å². The molecule has 62 valence electrons. The highest BCUT2D eigenvalue weighted by Gasteiger charge is 2.17. The summed E-state index contributed by atoms with van der Waals surface area (Å²) in [5.74, 6) is 1.21. The molecule has 0 aliphatic carbocycles. The summed E-state index contributed by atoms with van der Waals surface area (Å²) in [5, 5.41) is 4.87. The van der Waals surface area contributed by atoms with Crippen LogP contribution in [0.15, 0.2) is 4.99 Å². The van der Waals surface area contributed by atoms with Crippen LogP contribution in [-0.4, -0.2) is 29.9 Å². The van der Waals surface area contributed by atoms with Crippen molar-refractivity contribution < 1.29 is 0 Å². The smallest absolute Gasteiger partial charge is 0.0692 e. The minimum Gasteiger partial charge on any atom is -0.314 e. The molecule has 0 radical (unpaired) electrons. The Morgan fingerprint density at radius 3 is 3.27 bits per heavy atom. The molecule has 0 aromatic rings. The van der Waals surface area contributed by atoms with Crippen molar-refractivity contribution >= 4 is 16.8 Å². The van der Waals surface area contributed by atoms with E-state index >= 15 is 0 Å². The molecule has 0 spiro atoms. The first-order valence-corrected chi connectivity index (χ1v) is 5.33. The highest BCUT2D eigenvalue weighted by molar-refractivity contribution is 8.14. The molecule has 2 nitrogen and oxygen atoms in total. The summed E-state index contributed by atoms with van der Waals surface area (Å²) in [7, 11) is 0. The van der Waals surface area contributed by atoms with Crippen LogP contribution in [-0.2, 0) is 0 Å². The minimum absolute atomic E-state index is 0.736. The number of nitrogens with zero attached hydrogens (tertiary/aromatic N) is 1. The van der Waals surface area contributed by atoms with Gasteiger partial charge in [-0.2, -0.15) is 0 Å². The van der Waals surface area contributed by atoms with Gasteiger partial charge in [0.25, 0.3) is 0 Å². The van der Waals surface area contributed by atoms with E-state index in [4.69, 9.17) is 0 Å². The van der Waals surface area contributed by atoms with Crippen LogP contribution in [0.1, 0.15) is 19.3 Å². The Morgan fingerprint density at radius 2 is 2.64 bits per heavy atom. The van der Waals surface area contributed by atoms with Crippen LogP contribution in [0.3, 0.4) is 0 Å². The lowest BCUT2D eigenvalue weighted by Gasteiger charge is -2.07. The van der Waals surface area contributed by atoms with E-state index in [-0.39, 0.29) is 0 Å². The van der Waals surface area contributed by atoms with Gasteiger partial charge >= 0.3 is 0 Å². The zero-order valence-electron chi connectivity index (χ0n) is 6.68. The topological polar surface area (TPSA) is 24.4 Å². The Morgan fingerprint density at radius 1 is 1.64 bits per heavy atom. The van der Waals surface area contributed by atoms with E-state index in [1.54, 1.807) is 0 Å². The summed E-state index contributed by atoms with van der Waals surface area (Å²) >= 11 is 1.94. The Hall–Kier alpha value is -0.0200. The lowest BCUT2D eigenvalue weighted by molar-refractivity contribution is 0.631. The van der Waals surface area contributed by atoms with Gasteiger partial charge in [-0.05, 0) is 19.4 Å². The standard InChI is InChI=1S/C8H14N2S/c1-2-7(9-3-1)6-8-10-4-5-11-8/h7,9H,1-6H2. The molecule has 1 N–H and O–H groups in total. The number of hydrogen-bond donors (Lipinski definition) is 1. The number of rotatable bonds is 2. The average molecular weight is 170 g/mol. The van der Waals surface area contributed by atoms with Crippen molar-refractivity contribution in [3.8, 4) is 0 Å². The Kier molecular flexibility index (Phi) is 2.48. The molecule has 2 rings (SSSR count). The van der Waals surface area contributed by atoms with Crippen LogP contribution in [0.25, 0.3) is 0 Å². The van der Waals surface area contributed by atoms with Crippen molar-refractivity contribution in [2.24, 2.45) is 4.99 Å². The fourth-order valence-corrected chi connectivity index (χ4v) is 2.56. The summed E-state index contributed by atoms with van der Waals surface area (Å²) in [4.78, 5) is 4.44. The normalized spacial score (nSPS) is 30.9. The first-order valence-electron chi connectivity index (χ1n) is 4.34. The van der Waals surface area contributed by atoms with E-state index in [9.17, 15) is 0 Å². The molecule has 1 saturated heterocycles. The van der Waals surface area contributed by atoms with Crippen LogP contribution >= 0.6 is 11.8 Å². The van der Waals surface area contributed by atoms with Crippen LogP contribution in [0.2, 0.25) is 0 Å². The largest absolute Gasteiger partial charge is 0.314 e. The molecule has 0 amide bonds. The Labute approximate surface area is 71.9 Å². The molecular formula is C8H14N2S. The van der Waals surface area contributed by atoms with E-state index in [0.717, 1.165) is 12.6 Å². The molecule has 2 heterocycles. The summed E-state index contributed by atoms with van der Waals surface area (Å²) in [6, 6.07) is 0.736. The van der Waals surface area contributed by atoms with E-state index in [1.165, 1.54) is 36.6 Å². The molecule has 0 aromatic heterocycles. The molecule has 3 heteroatoms. The number of aliphatic imine (C=N–C) groups is 1. The molecular weight excluding hydrogens is 156 g/mol. The minimum atomic E-state index is 0.736. The summed E-state index contributed by atoms with van der Waals surface area (Å²) in [5.41, 5.74) is 0. The highest BCUT2D eigenvalue weighted by atomic mass is 32.2. The van der Waals surface area contributed by atoms with Crippen molar-refractivity contribution in [2.75, 3.05) is 18.8 Å². The third-order valence-electron chi connectivity index (χ3n) is 2.23. The van der Waals surface area contributed by atoms with Gasteiger partial charge in [0.2, 0.25) is 0 Å². The van der Waals surface area contributed by atoms with E-state index < -0.39 is 0 Å². The zero-order valence-corrected chi connectivity index (χ0v) is 7.49. The monoisotopic (exact) mass is 170 g/mol. The SMILES string of the molecule is C1CNC(CC2=NCCS2)C1. The van der Waals surface area contributed by atoms with E-state index in [1.807, 2.05) is 11.8 Å². The average Bonchev–Trinajstić information content (AvgIpc) is 2.60. The maximum atomic E-state index is 4.44. The van der Waals surface area contributed by atoms with Gasteiger partial charge in [-0.25, -0.2) is 0 Å². The molecule has 1 fully saturated rings. The Bertz CT molecular complexity index is 161. The van der Waals surface area contributed by atoms with Gasteiger partial charge in [0.05, 0.1) is 5.04 Å². The number of thioether (sulfide) groups is 1. The quantitative estimate of drug-likeness (QED) is 0.675. The van der Waals surface area contributed by atoms with Gasteiger partial charge < -0.3 is 5.32 Å². The molecule has 0 bridgehead atoms. The maximum absolute atomic E-state index is 4.44. The second-order valence-electron chi connectivity index (χ2n) is 3.12. The van der Waals surface area contributed by atoms with Gasteiger partial charge in [0.15, 0.2) is 0 Å². The van der Waals surface area contributed by atoms with Gasteiger partial charge in [-0.1, -0.05) is 0 Å².